The lowest BCUT2D eigenvalue weighted by atomic mass is 10.0. The summed E-state index contributed by atoms with van der Waals surface area (Å²) in [4.78, 5) is 0. The number of hydrogen-bond acceptors (Lipinski definition) is 2. The number of aromatic hydroxyl groups is 1. The zero-order valence-corrected chi connectivity index (χ0v) is 12.8. The Balaban J connectivity index is 2.17. The Hall–Kier alpha value is -1.51. The molecule has 2 aromatic carbocycles. The van der Waals surface area contributed by atoms with Crippen molar-refractivity contribution in [3.8, 4) is 5.75 Å². The van der Waals surface area contributed by atoms with E-state index in [0.29, 0.717) is 5.75 Å². The van der Waals surface area contributed by atoms with E-state index in [0.717, 1.165) is 21.7 Å². The van der Waals surface area contributed by atoms with Crippen LogP contribution in [-0.2, 0) is 0 Å². The maximum Gasteiger partial charge on any atom is 0.120 e. The molecule has 0 fully saturated rings. The fourth-order valence-electron chi connectivity index (χ4n) is 2.40. The molecule has 0 spiro atoms. The van der Waals surface area contributed by atoms with Crippen molar-refractivity contribution in [1.82, 2.24) is 5.32 Å². The van der Waals surface area contributed by atoms with Crippen LogP contribution >= 0.6 is 11.6 Å². The van der Waals surface area contributed by atoms with E-state index in [9.17, 15) is 5.11 Å². The van der Waals surface area contributed by atoms with Gasteiger partial charge in [0.15, 0.2) is 0 Å². The van der Waals surface area contributed by atoms with Gasteiger partial charge < -0.3 is 10.4 Å². The van der Waals surface area contributed by atoms with Gasteiger partial charge in [0.1, 0.15) is 5.75 Å². The fourth-order valence-corrected chi connectivity index (χ4v) is 2.70. The van der Waals surface area contributed by atoms with Crippen LogP contribution in [0.1, 0.15) is 42.6 Å². The van der Waals surface area contributed by atoms with Gasteiger partial charge in [0.05, 0.1) is 0 Å². The number of halogens is 1. The summed E-state index contributed by atoms with van der Waals surface area (Å²) in [6, 6.07) is 13.6. The summed E-state index contributed by atoms with van der Waals surface area (Å²) >= 11 is 6.22. The number of phenolic OH excluding ortho intramolecular Hbond substituents is 1. The standard InChI is InChI=1S/C17H20ClNO/c1-11-8-9-17(20)15(10-11)13(3)19-12(2)14-6-4-5-7-16(14)18/h4-10,12-13,19-20H,1-3H3/t12-,13?/m1/s1. The lowest BCUT2D eigenvalue weighted by Gasteiger charge is -2.22. The molecule has 2 nitrogen and oxygen atoms in total. The number of rotatable bonds is 4. The van der Waals surface area contributed by atoms with Crippen LogP contribution in [0.15, 0.2) is 42.5 Å². The number of aryl methyl sites for hydroxylation is 1. The molecule has 20 heavy (non-hydrogen) atoms. The van der Waals surface area contributed by atoms with Gasteiger partial charge in [-0.2, -0.15) is 0 Å². The molecule has 0 radical (unpaired) electrons. The van der Waals surface area contributed by atoms with Gasteiger partial charge in [-0.05, 0) is 38.5 Å². The molecule has 2 N–H and O–H groups in total. The van der Waals surface area contributed by atoms with Crippen LogP contribution in [0, 0.1) is 6.92 Å². The van der Waals surface area contributed by atoms with Crippen molar-refractivity contribution in [2.45, 2.75) is 32.9 Å². The summed E-state index contributed by atoms with van der Waals surface area (Å²) < 4.78 is 0. The van der Waals surface area contributed by atoms with E-state index in [4.69, 9.17) is 11.6 Å². The van der Waals surface area contributed by atoms with Crippen LogP contribution in [0.2, 0.25) is 5.02 Å². The largest absolute Gasteiger partial charge is 0.508 e. The maximum atomic E-state index is 9.98. The molecule has 3 heteroatoms. The highest BCUT2D eigenvalue weighted by molar-refractivity contribution is 6.31. The molecular formula is C17H20ClNO. The molecule has 2 aromatic rings. The molecule has 2 atom stereocenters. The maximum absolute atomic E-state index is 9.98. The summed E-state index contributed by atoms with van der Waals surface area (Å²) in [6.45, 7) is 6.14. The normalized spacial score (nSPS) is 14.0. The Morgan fingerprint density at radius 1 is 1.00 bits per heavy atom. The number of nitrogens with one attached hydrogen (secondary N) is 1. The van der Waals surface area contributed by atoms with Crippen molar-refractivity contribution in [1.29, 1.82) is 0 Å². The molecule has 0 aromatic heterocycles. The summed E-state index contributed by atoms with van der Waals surface area (Å²) in [7, 11) is 0. The van der Waals surface area contributed by atoms with E-state index in [1.165, 1.54) is 0 Å². The van der Waals surface area contributed by atoms with Crippen molar-refractivity contribution in [2.75, 3.05) is 0 Å². The monoisotopic (exact) mass is 289 g/mol. The Labute approximate surface area is 125 Å². The van der Waals surface area contributed by atoms with Crippen molar-refractivity contribution in [3.63, 3.8) is 0 Å². The smallest absolute Gasteiger partial charge is 0.120 e. The van der Waals surface area contributed by atoms with Gasteiger partial charge in [0, 0.05) is 22.7 Å². The molecule has 0 bridgehead atoms. The van der Waals surface area contributed by atoms with E-state index in [1.54, 1.807) is 6.07 Å². The predicted octanol–water partition coefficient (Wildman–Crippen LogP) is 4.77. The SMILES string of the molecule is Cc1ccc(O)c(C(C)N[C@H](C)c2ccccc2Cl)c1. The Morgan fingerprint density at radius 2 is 1.65 bits per heavy atom. The van der Waals surface area contributed by atoms with Gasteiger partial charge in [-0.25, -0.2) is 0 Å². The molecule has 0 heterocycles. The van der Waals surface area contributed by atoms with Gasteiger partial charge in [-0.15, -0.1) is 0 Å². The first kappa shape index (κ1) is 14.9. The number of phenols is 1. The topological polar surface area (TPSA) is 32.3 Å². The van der Waals surface area contributed by atoms with Crippen LogP contribution in [0.3, 0.4) is 0 Å². The molecule has 0 aliphatic carbocycles. The van der Waals surface area contributed by atoms with E-state index >= 15 is 0 Å². The number of benzene rings is 2. The van der Waals surface area contributed by atoms with E-state index < -0.39 is 0 Å². The molecule has 1 unspecified atom stereocenters. The third-order valence-corrected chi connectivity index (χ3v) is 3.87. The molecule has 0 saturated carbocycles. The molecule has 106 valence electrons. The summed E-state index contributed by atoms with van der Waals surface area (Å²) in [5.74, 6) is 0.321. The highest BCUT2D eigenvalue weighted by Gasteiger charge is 2.15. The predicted molar refractivity (Wildman–Crippen MR) is 84.3 cm³/mol. The van der Waals surface area contributed by atoms with Gasteiger partial charge in [0.2, 0.25) is 0 Å². The lowest BCUT2D eigenvalue weighted by molar-refractivity contribution is 0.438. The Morgan fingerprint density at radius 3 is 2.35 bits per heavy atom. The summed E-state index contributed by atoms with van der Waals surface area (Å²) in [6.07, 6.45) is 0. The second-order valence-electron chi connectivity index (χ2n) is 5.19. The first-order chi connectivity index (χ1) is 9.49. The van der Waals surface area contributed by atoms with Crippen LogP contribution in [0.25, 0.3) is 0 Å². The third kappa shape index (κ3) is 3.33. The zero-order valence-electron chi connectivity index (χ0n) is 12.0. The van der Waals surface area contributed by atoms with Crippen LogP contribution in [0.5, 0.6) is 5.75 Å². The van der Waals surface area contributed by atoms with E-state index in [2.05, 4.69) is 12.2 Å². The van der Waals surface area contributed by atoms with Gasteiger partial charge in [0.25, 0.3) is 0 Å². The Bertz CT molecular complexity index is 597. The van der Waals surface area contributed by atoms with Crippen LogP contribution in [0.4, 0.5) is 0 Å². The van der Waals surface area contributed by atoms with Crippen LogP contribution in [-0.4, -0.2) is 5.11 Å². The van der Waals surface area contributed by atoms with Gasteiger partial charge in [-0.1, -0.05) is 47.5 Å². The molecular weight excluding hydrogens is 270 g/mol. The number of hydrogen-bond donors (Lipinski definition) is 2. The lowest BCUT2D eigenvalue weighted by Crippen LogP contribution is -2.22. The van der Waals surface area contributed by atoms with Gasteiger partial charge >= 0.3 is 0 Å². The van der Waals surface area contributed by atoms with E-state index in [1.807, 2.05) is 50.2 Å². The van der Waals surface area contributed by atoms with Crippen molar-refractivity contribution in [3.05, 3.63) is 64.2 Å². The molecule has 0 aliphatic heterocycles. The third-order valence-electron chi connectivity index (χ3n) is 3.52. The second-order valence-corrected chi connectivity index (χ2v) is 5.60. The summed E-state index contributed by atoms with van der Waals surface area (Å²) in [5, 5.41) is 14.2. The van der Waals surface area contributed by atoms with Crippen molar-refractivity contribution >= 4 is 11.6 Å². The average molecular weight is 290 g/mol. The van der Waals surface area contributed by atoms with Gasteiger partial charge in [-0.3, -0.25) is 0 Å². The van der Waals surface area contributed by atoms with Crippen LogP contribution < -0.4 is 5.32 Å². The first-order valence-corrected chi connectivity index (χ1v) is 7.17. The fraction of sp³-hybridized carbons (Fsp3) is 0.294. The molecule has 0 amide bonds. The first-order valence-electron chi connectivity index (χ1n) is 6.79. The minimum Gasteiger partial charge on any atom is -0.508 e. The zero-order chi connectivity index (χ0) is 14.7. The Kier molecular flexibility index (Phi) is 4.69. The highest BCUT2D eigenvalue weighted by atomic mass is 35.5. The molecule has 2 rings (SSSR count). The second kappa shape index (κ2) is 6.29. The van der Waals surface area contributed by atoms with Crippen molar-refractivity contribution < 1.29 is 5.11 Å². The summed E-state index contributed by atoms with van der Waals surface area (Å²) in [5.41, 5.74) is 3.11. The van der Waals surface area contributed by atoms with Crippen molar-refractivity contribution in [2.24, 2.45) is 0 Å². The highest BCUT2D eigenvalue weighted by Crippen LogP contribution is 2.29. The quantitative estimate of drug-likeness (QED) is 0.850. The van der Waals surface area contributed by atoms with E-state index in [-0.39, 0.29) is 12.1 Å². The molecule has 0 aliphatic rings. The average Bonchev–Trinajstić information content (AvgIpc) is 2.41. The minimum absolute atomic E-state index is 0.0428. The molecule has 0 saturated heterocycles. The minimum atomic E-state index is 0.0428.